The van der Waals surface area contributed by atoms with Crippen molar-refractivity contribution in [3.63, 3.8) is 0 Å². The molecule has 0 aromatic heterocycles. The molecule has 3 N–H and O–H groups in total. The summed E-state index contributed by atoms with van der Waals surface area (Å²) in [7, 11) is 0. The second kappa shape index (κ2) is 10.4. The Balaban J connectivity index is 1.68. The maximum absolute atomic E-state index is 14.9. The minimum Gasteiger partial charge on any atom is -0.481 e. The number of hydrogen-bond acceptors (Lipinski definition) is 7. The van der Waals surface area contributed by atoms with Gasteiger partial charge in [0.2, 0.25) is 11.8 Å². The molecule has 0 bridgehead atoms. The number of hydrazine groups is 1. The topological polar surface area (TPSA) is 132 Å². The van der Waals surface area contributed by atoms with E-state index in [-0.39, 0.29) is 69.4 Å². The Morgan fingerprint density at radius 1 is 1.18 bits per heavy atom. The van der Waals surface area contributed by atoms with Crippen molar-refractivity contribution in [3.05, 3.63) is 23.8 Å². The van der Waals surface area contributed by atoms with Crippen molar-refractivity contribution in [1.29, 1.82) is 0 Å². The molecule has 0 spiro atoms. The predicted molar refractivity (Wildman–Crippen MR) is 111 cm³/mol. The molecule has 1 aromatic rings. The molecular weight excluding hydrogens is 444 g/mol. The Bertz CT molecular complexity index is 923. The Kier molecular flexibility index (Phi) is 7.63. The van der Waals surface area contributed by atoms with E-state index in [0.717, 1.165) is 17.0 Å². The summed E-state index contributed by atoms with van der Waals surface area (Å²) in [5, 5.41) is 12.5. The minimum atomic E-state index is -1.09. The molecule has 2 saturated heterocycles. The van der Waals surface area contributed by atoms with Gasteiger partial charge >= 0.3 is 12.1 Å². The second-order valence-electron chi connectivity index (χ2n) is 7.65. The quantitative estimate of drug-likeness (QED) is 0.525. The maximum Gasteiger partial charge on any atom is 0.414 e. The number of ether oxygens (including phenoxy) is 1. The average Bonchev–Trinajstić information content (AvgIpc) is 2.95. The first-order valence-electron chi connectivity index (χ1n) is 10.4. The number of rotatable bonds is 7. The summed E-state index contributed by atoms with van der Waals surface area (Å²) in [6.45, 7) is 2.05. The predicted octanol–water partition coefficient (Wildman–Crippen LogP) is 0.444. The third-order valence-electron chi connectivity index (χ3n) is 5.21. The van der Waals surface area contributed by atoms with Gasteiger partial charge in [0.05, 0.1) is 31.7 Å². The molecule has 2 aliphatic heterocycles. The molecule has 2 fully saturated rings. The lowest BCUT2D eigenvalue weighted by Gasteiger charge is -2.25. The van der Waals surface area contributed by atoms with Gasteiger partial charge in [-0.3, -0.25) is 24.3 Å². The van der Waals surface area contributed by atoms with Gasteiger partial charge in [0, 0.05) is 45.1 Å². The number of halogens is 2. The number of carboxylic acids is 1. The molecule has 2 aliphatic rings. The lowest BCUT2D eigenvalue weighted by molar-refractivity contribution is -0.141. The summed E-state index contributed by atoms with van der Waals surface area (Å²) in [4.78, 5) is 48.5. The zero-order chi connectivity index (χ0) is 24.1. The lowest BCUT2D eigenvalue weighted by atomic mass is 10.2. The summed E-state index contributed by atoms with van der Waals surface area (Å²) in [6, 6.07) is 2.07. The van der Waals surface area contributed by atoms with Crippen molar-refractivity contribution < 1.29 is 37.8 Å². The van der Waals surface area contributed by atoms with Crippen molar-refractivity contribution >= 4 is 35.3 Å². The molecule has 1 atom stereocenters. The highest BCUT2D eigenvalue weighted by molar-refractivity contribution is 5.90. The molecule has 2 heterocycles. The van der Waals surface area contributed by atoms with Gasteiger partial charge in [0.25, 0.3) is 0 Å². The molecule has 0 radical (unpaired) electrons. The van der Waals surface area contributed by atoms with Gasteiger partial charge < -0.3 is 20.1 Å². The van der Waals surface area contributed by atoms with Gasteiger partial charge in [-0.1, -0.05) is 0 Å². The smallest absolute Gasteiger partial charge is 0.414 e. The van der Waals surface area contributed by atoms with E-state index in [0.29, 0.717) is 0 Å². The monoisotopic (exact) mass is 469 g/mol. The van der Waals surface area contributed by atoms with Gasteiger partial charge in [-0.25, -0.2) is 19.0 Å². The van der Waals surface area contributed by atoms with E-state index in [9.17, 15) is 28.0 Å². The molecule has 13 heteroatoms. The molecule has 3 rings (SSSR count). The number of hydrogen-bond donors (Lipinski definition) is 3. The van der Waals surface area contributed by atoms with Crippen LogP contribution >= 0.6 is 0 Å². The number of amides is 3. The standard InChI is InChI=1S/C20H25F2N5O6/c1-12(28)23-10-14-11-26(20(32)33-14)13-8-15(21)19(16(22)9-13)25-5-4-24-27(7-6-25)17(29)2-3-18(30)31/h8-9,14,24H,2-7,10-11H2,1H3,(H,23,28)(H,30,31)/t14-/m0/s1. The summed E-state index contributed by atoms with van der Waals surface area (Å²) in [6.07, 6.45) is -1.91. The van der Waals surface area contributed by atoms with Crippen molar-refractivity contribution in [1.82, 2.24) is 15.8 Å². The highest BCUT2D eigenvalue weighted by Crippen LogP contribution is 2.31. The molecule has 0 aliphatic carbocycles. The van der Waals surface area contributed by atoms with Gasteiger partial charge in [0.15, 0.2) is 11.6 Å². The first kappa shape index (κ1) is 24.2. The van der Waals surface area contributed by atoms with Gasteiger partial charge in [0.1, 0.15) is 11.8 Å². The molecule has 0 unspecified atom stereocenters. The summed E-state index contributed by atoms with van der Waals surface area (Å²) in [5.74, 6) is -3.56. The normalized spacial score (nSPS) is 18.7. The van der Waals surface area contributed by atoms with E-state index >= 15 is 0 Å². The number of carbonyl (C=O) groups excluding carboxylic acids is 3. The Morgan fingerprint density at radius 3 is 2.52 bits per heavy atom. The molecule has 3 amide bonds. The van der Waals surface area contributed by atoms with Crippen molar-refractivity contribution in [2.24, 2.45) is 0 Å². The largest absolute Gasteiger partial charge is 0.481 e. The molecule has 1 aromatic carbocycles. The summed E-state index contributed by atoms with van der Waals surface area (Å²) < 4.78 is 35.0. The Labute approximate surface area is 188 Å². The number of cyclic esters (lactones) is 1. The fourth-order valence-corrected chi connectivity index (χ4v) is 3.62. The molecule has 0 saturated carbocycles. The van der Waals surface area contributed by atoms with Crippen LogP contribution in [0.25, 0.3) is 0 Å². The maximum atomic E-state index is 14.9. The number of benzene rings is 1. The number of carbonyl (C=O) groups is 4. The van der Waals surface area contributed by atoms with E-state index in [2.05, 4.69) is 10.7 Å². The molecule has 11 nitrogen and oxygen atoms in total. The van der Waals surface area contributed by atoms with E-state index in [1.54, 1.807) is 0 Å². The first-order chi connectivity index (χ1) is 15.7. The average molecular weight is 469 g/mol. The van der Waals surface area contributed by atoms with Crippen molar-refractivity contribution in [3.8, 4) is 0 Å². The molecule has 180 valence electrons. The molecule has 33 heavy (non-hydrogen) atoms. The Morgan fingerprint density at radius 2 is 1.88 bits per heavy atom. The summed E-state index contributed by atoms with van der Waals surface area (Å²) >= 11 is 0. The van der Waals surface area contributed by atoms with Crippen LogP contribution in [0.4, 0.5) is 25.0 Å². The number of nitrogens with zero attached hydrogens (tertiary/aromatic N) is 3. The van der Waals surface area contributed by atoms with Crippen LogP contribution in [0.2, 0.25) is 0 Å². The second-order valence-corrected chi connectivity index (χ2v) is 7.65. The fraction of sp³-hybridized carbons (Fsp3) is 0.500. The van der Waals surface area contributed by atoms with Crippen LogP contribution in [0.15, 0.2) is 12.1 Å². The number of aliphatic carboxylic acids is 1. The highest BCUT2D eigenvalue weighted by atomic mass is 19.1. The van der Waals surface area contributed by atoms with Crippen LogP contribution < -0.4 is 20.5 Å². The fourth-order valence-electron chi connectivity index (χ4n) is 3.62. The van der Waals surface area contributed by atoms with Gasteiger partial charge in [-0.15, -0.1) is 0 Å². The Hall–Kier alpha value is -3.48. The zero-order valence-corrected chi connectivity index (χ0v) is 18.0. The van der Waals surface area contributed by atoms with Crippen molar-refractivity contribution in [2.75, 3.05) is 49.1 Å². The van der Waals surface area contributed by atoms with Crippen LogP contribution in [0, 0.1) is 11.6 Å². The van der Waals surface area contributed by atoms with Crippen LogP contribution in [0.1, 0.15) is 19.8 Å². The van der Waals surface area contributed by atoms with Crippen LogP contribution in [0.5, 0.6) is 0 Å². The van der Waals surface area contributed by atoms with Crippen molar-refractivity contribution in [2.45, 2.75) is 25.9 Å². The van der Waals surface area contributed by atoms with Crippen LogP contribution in [0.3, 0.4) is 0 Å². The zero-order valence-electron chi connectivity index (χ0n) is 18.0. The van der Waals surface area contributed by atoms with Gasteiger partial charge in [-0.05, 0) is 0 Å². The number of nitrogens with one attached hydrogen (secondary N) is 2. The van der Waals surface area contributed by atoms with E-state index < -0.39 is 35.7 Å². The third kappa shape index (κ3) is 6.06. The third-order valence-corrected chi connectivity index (χ3v) is 5.21. The number of anilines is 2. The number of carboxylic acid groups (broad SMARTS) is 1. The lowest BCUT2D eigenvalue weighted by Crippen LogP contribution is -2.43. The minimum absolute atomic E-state index is 0.0116. The highest BCUT2D eigenvalue weighted by Gasteiger charge is 2.34. The van der Waals surface area contributed by atoms with E-state index in [1.165, 1.54) is 16.8 Å². The van der Waals surface area contributed by atoms with E-state index in [1.807, 2.05) is 0 Å². The molecular formula is C20H25F2N5O6. The van der Waals surface area contributed by atoms with Gasteiger partial charge in [-0.2, -0.15) is 0 Å². The van der Waals surface area contributed by atoms with Crippen LogP contribution in [-0.2, 0) is 19.1 Å². The van der Waals surface area contributed by atoms with Crippen LogP contribution in [-0.4, -0.2) is 79.4 Å². The first-order valence-corrected chi connectivity index (χ1v) is 10.4. The SMILES string of the molecule is CC(=O)NC[C@H]1CN(c2cc(F)c(N3CCNN(C(=O)CCC(=O)O)CC3)c(F)c2)C(=O)O1. The van der Waals surface area contributed by atoms with E-state index in [4.69, 9.17) is 9.84 Å². The summed E-state index contributed by atoms with van der Waals surface area (Å²) in [5.41, 5.74) is 2.53.